The summed E-state index contributed by atoms with van der Waals surface area (Å²) >= 11 is 0. The van der Waals surface area contributed by atoms with Crippen LogP contribution in [0.5, 0.6) is 0 Å². The third kappa shape index (κ3) is 1.35. The molecule has 13 heavy (non-hydrogen) atoms. The third-order valence-corrected chi connectivity index (χ3v) is 2.12. The highest BCUT2D eigenvalue weighted by Crippen LogP contribution is 2.21. The van der Waals surface area contributed by atoms with Gasteiger partial charge < -0.3 is 5.73 Å². The molecule has 0 amide bonds. The number of nitrogens with two attached hydrogens (primary N) is 1. The Kier molecular flexibility index (Phi) is 1.69. The first-order valence-corrected chi connectivity index (χ1v) is 4.30. The molecule has 1 aromatic heterocycles. The molecule has 0 saturated heterocycles. The quantitative estimate of drug-likeness (QED) is 0.620. The number of nitrogen functional groups attached to an aromatic ring is 1. The summed E-state index contributed by atoms with van der Waals surface area (Å²) in [6, 6.07) is 8.03. The Morgan fingerprint density at radius 2 is 1.92 bits per heavy atom. The Labute approximate surface area is 77.4 Å². The van der Waals surface area contributed by atoms with Crippen molar-refractivity contribution in [2.75, 3.05) is 5.73 Å². The zero-order chi connectivity index (χ0) is 9.42. The first-order valence-electron chi connectivity index (χ1n) is 4.30. The predicted molar refractivity (Wildman–Crippen MR) is 55.6 cm³/mol. The van der Waals surface area contributed by atoms with Crippen LogP contribution in [0.25, 0.3) is 10.9 Å². The van der Waals surface area contributed by atoms with Crippen molar-refractivity contribution in [1.29, 1.82) is 0 Å². The molecule has 0 bridgehead atoms. The van der Waals surface area contributed by atoms with E-state index >= 15 is 0 Å². The molecule has 1 heterocycles. The molecule has 1 aromatic carbocycles. The molecular formula is C11H12N2. The summed E-state index contributed by atoms with van der Waals surface area (Å²) in [5, 5.41) is 1.04. The second-order valence-corrected chi connectivity index (χ2v) is 3.37. The summed E-state index contributed by atoms with van der Waals surface area (Å²) < 4.78 is 0. The zero-order valence-electron chi connectivity index (χ0n) is 7.83. The molecule has 0 radical (unpaired) electrons. The van der Waals surface area contributed by atoms with Gasteiger partial charge in [0, 0.05) is 16.8 Å². The van der Waals surface area contributed by atoms with Crippen LogP contribution >= 0.6 is 0 Å². The maximum atomic E-state index is 5.87. The molecule has 2 rings (SSSR count). The molecule has 66 valence electrons. The minimum atomic E-state index is 0.808. The molecule has 2 N–H and O–H groups in total. The van der Waals surface area contributed by atoms with Crippen molar-refractivity contribution in [2.45, 2.75) is 13.8 Å². The predicted octanol–water partition coefficient (Wildman–Crippen LogP) is 2.43. The number of anilines is 1. The van der Waals surface area contributed by atoms with Gasteiger partial charge in [-0.2, -0.15) is 0 Å². The minimum Gasteiger partial charge on any atom is -0.398 e. The highest BCUT2D eigenvalue weighted by molar-refractivity contribution is 5.90. The van der Waals surface area contributed by atoms with E-state index < -0.39 is 0 Å². The molecule has 0 atom stereocenters. The average Bonchev–Trinajstić information content (AvgIpc) is 2.02. The van der Waals surface area contributed by atoms with E-state index in [1.165, 1.54) is 0 Å². The number of fused-ring (bicyclic) bond motifs is 1. The van der Waals surface area contributed by atoms with Crippen LogP contribution in [-0.4, -0.2) is 4.98 Å². The fourth-order valence-electron chi connectivity index (χ4n) is 1.51. The van der Waals surface area contributed by atoms with E-state index in [-0.39, 0.29) is 0 Å². The summed E-state index contributed by atoms with van der Waals surface area (Å²) in [4.78, 5) is 4.42. The molecule has 0 saturated carbocycles. The number of nitrogens with zero attached hydrogens (tertiary/aromatic N) is 1. The average molecular weight is 172 g/mol. The lowest BCUT2D eigenvalue weighted by atomic mass is 10.1. The van der Waals surface area contributed by atoms with Crippen LogP contribution in [0.15, 0.2) is 24.3 Å². The lowest BCUT2D eigenvalue weighted by Gasteiger charge is -2.03. The Hall–Kier alpha value is -1.57. The monoisotopic (exact) mass is 172 g/mol. The van der Waals surface area contributed by atoms with E-state index in [0.29, 0.717) is 0 Å². The van der Waals surface area contributed by atoms with Gasteiger partial charge in [0.1, 0.15) is 0 Å². The van der Waals surface area contributed by atoms with Crippen LogP contribution in [0.1, 0.15) is 11.3 Å². The van der Waals surface area contributed by atoms with E-state index in [2.05, 4.69) is 11.1 Å². The van der Waals surface area contributed by atoms with E-state index in [0.717, 1.165) is 27.8 Å². The van der Waals surface area contributed by atoms with Crippen molar-refractivity contribution in [3.63, 3.8) is 0 Å². The van der Waals surface area contributed by atoms with Crippen LogP contribution in [0.2, 0.25) is 0 Å². The molecule has 2 heteroatoms. The summed E-state index contributed by atoms with van der Waals surface area (Å²) in [6.45, 7) is 4.01. The number of pyridine rings is 1. The number of aryl methyl sites for hydroxylation is 2. The van der Waals surface area contributed by atoms with Crippen molar-refractivity contribution in [2.24, 2.45) is 0 Å². The van der Waals surface area contributed by atoms with E-state index in [1.54, 1.807) is 0 Å². The molecule has 2 nitrogen and oxygen atoms in total. The van der Waals surface area contributed by atoms with E-state index in [1.807, 2.05) is 32.0 Å². The van der Waals surface area contributed by atoms with Gasteiger partial charge in [-0.3, -0.25) is 4.98 Å². The second kappa shape index (κ2) is 2.73. The molecule has 0 aliphatic carbocycles. The molecule has 0 aliphatic rings. The smallest absolute Gasteiger partial charge is 0.0728 e. The number of hydrogen-bond donors (Lipinski definition) is 1. The molecule has 2 aromatic rings. The molecule has 0 fully saturated rings. The first kappa shape index (κ1) is 8.05. The highest BCUT2D eigenvalue weighted by atomic mass is 14.7. The standard InChI is InChI=1S/C11H12N2/c1-7-5-10(12)9-4-3-8(2)13-11(9)6-7/h3-6H,12H2,1-2H3. The molecule has 0 unspecified atom stereocenters. The van der Waals surface area contributed by atoms with E-state index in [4.69, 9.17) is 5.73 Å². The van der Waals surface area contributed by atoms with Crippen LogP contribution in [0.3, 0.4) is 0 Å². The van der Waals surface area contributed by atoms with Gasteiger partial charge in [0.25, 0.3) is 0 Å². The Morgan fingerprint density at radius 3 is 2.69 bits per heavy atom. The molecular weight excluding hydrogens is 160 g/mol. The Bertz CT molecular complexity index is 456. The number of benzene rings is 1. The number of rotatable bonds is 0. The van der Waals surface area contributed by atoms with Crippen LogP contribution in [-0.2, 0) is 0 Å². The van der Waals surface area contributed by atoms with Crippen molar-refractivity contribution < 1.29 is 0 Å². The maximum Gasteiger partial charge on any atom is 0.0728 e. The lowest BCUT2D eigenvalue weighted by Crippen LogP contribution is -1.91. The summed E-state index contributed by atoms with van der Waals surface area (Å²) in [5.41, 5.74) is 9.84. The third-order valence-electron chi connectivity index (χ3n) is 2.12. The zero-order valence-corrected chi connectivity index (χ0v) is 7.83. The van der Waals surface area contributed by atoms with Crippen LogP contribution in [0, 0.1) is 13.8 Å². The van der Waals surface area contributed by atoms with Gasteiger partial charge in [-0.15, -0.1) is 0 Å². The SMILES string of the molecule is Cc1cc(N)c2ccc(C)nc2c1. The topological polar surface area (TPSA) is 38.9 Å². The minimum absolute atomic E-state index is 0.808. The van der Waals surface area contributed by atoms with Crippen molar-refractivity contribution in [3.8, 4) is 0 Å². The van der Waals surface area contributed by atoms with Crippen LogP contribution < -0.4 is 5.73 Å². The van der Waals surface area contributed by atoms with Gasteiger partial charge in [0.05, 0.1) is 5.52 Å². The maximum absolute atomic E-state index is 5.87. The highest BCUT2D eigenvalue weighted by Gasteiger charge is 1.99. The van der Waals surface area contributed by atoms with Gasteiger partial charge in [-0.25, -0.2) is 0 Å². The van der Waals surface area contributed by atoms with Gasteiger partial charge >= 0.3 is 0 Å². The van der Waals surface area contributed by atoms with Gasteiger partial charge in [0.2, 0.25) is 0 Å². The summed E-state index contributed by atoms with van der Waals surface area (Å²) in [5.74, 6) is 0. The van der Waals surface area contributed by atoms with Crippen molar-refractivity contribution >= 4 is 16.6 Å². The molecule has 0 spiro atoms. The summed E-state index contributed by atoms with van der Waals surface area (Å²) in [6.07, 6.45) is 0. The Morgan fingerprint density at radius 1 is 1.15 bits per heavy atom. The lowest BCUT2D eigenvalue weighted by molar-refractivity contribution is 1.25. The van der Waals surface area contributed by atoms with Gasteiger partial charge in [-0.1, -0.05) is 0 Å². The first-order chi connectivity index (χ1) is 6.16. The normalized spacial score (nSPS) is 10.6. The largest absolute Gasteiger partial charge is 0.398 e. The van der Waals surface area contributed by atoms with Crippen LogP contribution in [0.4, 0.5) is 5.69 Å². The summed E-state index contributed by atoms with van der Waals surface area (Å²) in [7, 11) is 0. The fraction of sp³-hybridized carbons (Fsp3) is 0.182. The van der Waals surface area contributed by atoms with Crippen molar-refractivity contribution in [3.05, 3.63) is 35.5 Å². The van der Waals surface area contributed by atoms with E-state index in [9.17, 15) is 0 Å². The number of aromatic nitrogens is 1. The van der Waals surface area contributed by atoms with Gasteiger partial charge in [-0.05, 0) is 43.7 Å². The molecule has 0 aliphatic heterocycles. The fourth-order valence-corrected chi connectivity index (χ4v) is 1.51. The van der Waals surface area contributed by atoms with Crippen molar-refractivity contribution in [1.82, 2.24) is 4.98 Å². The van der Waals surface area contributed by atoms with Gasteiger partial charge in [0.15, 0.2) is 0 Å². The second-order valence-electron chi connectivity index (χ2n) is 3.37. The number of hydrogen-bond acceptors (Lipinski definition) is 2. The Balaban J connectivity index is 2.86.